The third-order valence-corrected chi connectivity index (χ3v) is 2.92. The molecule has 0 aromatic rings. The first-order valence-electron chi connectivity index (χ1n) is 6.41. The SMILES string of the molecule is CCCCOC(=O)N1CCN(CCO[C]=O)CC1. The van der Waals surface area contributed by atoms with Crippen molar-refractivity contribution in [1.82, 2.24) is 9.80 Å². The van der Waals surface area contributed by atoms with Crippen LogP contribution >= 0.6 is 0 Å². The van der Waals surface area contributed by atoms with Crippen LogP contribution in [0.4, 0.5) is 4.79 Å². The Kier molecular flexibility index (Phi) is 7.17. The third kappa shape index (κ3) is 5.35. The van der Waals surface area contributed by atoms with Crippen molar-refractivity contribution in [2.24, 2.45) is 0 Å². The van der Waals surface area contributed by atoms with Gasteiger partial charge >= 0.3 is 12.6 Å². The fourth-order valence-corrected chi connectivity index (χ4v) is 1.77. The minimum Gasteiger partial charge on any atom is -0.456 e. The predicted molar refractivity (Wildman–Crippen MR) is 65.9 cm³/mol. The summed E-state index contributed by atoms with van der Waals surface area (Å²) in [5.41, 5.74) is 0. The standard InChI is InChI=1S/C12H21N2O4/c1-2-3-9-18-12(16)14-6-4-13(5-7-14)8-10-17-11-15/h2-10H2,1H3. The van der Waals surface area contributed by atoms with Gasteiger partial charge in [-0.3, -0.25) is 4.90 Å². The maximum absolute atomic E-state index is 11.6. The maximum atomic E-state index is 11.6. The number of amides is 1. The molecule has 1 aliphatic rings. The summed E-state index contributed by atoms with van der Waals surface area (Å²) in [6.07, 6.45) is 1.71. The van der Waals surface area contributed by atoms with E-state index in [9.17, 15) is 9.59 Å². The Morgan fingerprint density at radius 2 is 1.94 bits per heavy atom. The minimum absolute atomic E-state index is 0.222. The Morgan fingerprint density at radius 3 is 2.56 bits per heavy atom. The first-order valence-corrected chi connectivity index (χ1v) is 6.41. The monoisotopic (exact) mass is 257 g/mol. The third-order valence-electron chi connectivity index (χ3n) is 2.92. The van der Waals surface area contributed by atoms with Crippen LogP contribution in [0.1, 0.15) is 19.8 Å². The Hall–Kier alpha value is -1.30. The molecule has 0 aromatic carbocycles. The van der Waals surface area contributed by atoms with Crippen molar-refractivity contribution in [3.05, 3.63) is 0 Å². The lowest BCUT2D eigenvalue weighted by Crippen LogP contribution is -2.49. The van der Waals surface area contributed by atoms with Crippen molar-refractivity contribution >= 4 is 12.6 Å². The van der Waals surface area contributed by atoms with Crippen molar-refractivity contribution in [1.29, 1.82) is 0 Å². The average molecular weight is 257 g/mol. The number of carbonyl (C=O) groups is 1. The van der Waals surface area contributed by atoms with Crippen LogP contribution in [0.2, 0.25) is 0 Å². The van der Waals surface area contributed by atoms with E-state index in [-0.39, 0.29) is 6.09 Å². The molecule has 0 saturated carbocycles. The Bertz CT molecular complexity index is 252. The average Bonchev–Trinajstić information content (AvgIpc) is 2.40. The van der Waals surface area contributed by atoms with E-state index < -0.39 is 0 Å². The molecule has 1 fully saturated rings. The summed E-state index contributed by atoms with van der Waals surface area (Å²) in [6, 6.07) is 0. The molecule has 1 heterocycles. The van der Waals surface area contributed by atoms with Gasteiger partial charge in [0, 0.05) is 32.7 Å². The van der Waals surface area contributed by atoms with Gasteiger partial charge in [0.25, 0.3) is 0 Å². The summed E-state index contributed by atoms with van der Waals surface area (Å²) < 4.78 is 9.67. The number of carbonyl (C=O) groups excluding carboxylic acids is 2. The Morgan fingerprint density at radius 1 is 1.22 bits per heavy atom. The molecule has 6 heteroatoms. The van der Waals surface area contributed by atoms with Gasteiger partial charge < -0.3 is 14.4 Å². The van der Waals surface area contributed by atoms with E-state index in [1.807, 2.05) is 0 Å². The minimum atomic E-state index is -0.222. The molecule has 1 radical (unpaired) electrons. The second-order valence-corrected chi connectivity index (χ2v) is 4.23. The van der Waals surface area contributed by atoms with E-state index in [0.717, 1.165) is 25.9 Å². The molecule has 1 saturated heterocycles. The number of hydrogen-bond acceptors (Lipinski definition) is 5. The van der Waals surface area contributed by atoms with Gasteiger partial charge in [0.15, 0.2) is 0 Å². The molecule has 18 heavy (non-hydrogen) atoms. The van der Waals surface area contributed by atoms with Gasteiger partial charge in [0.1, 0.15) is 6.61 Å². The lowest BCUT2D eigenvalue weighted by atomic mass is 10.3. The largest absolute Gasteiger partial charge is 0.456 e. The van der Waals surface area contributed by atoms with Crippen molar-refractivity contribution in [3.8, 4) is 0 Å². The number of unbranched alkanes of at least 4 members (excludes halogenated alkanes) is 1. The summed E-state index contributed by atoms with van der Waals surface area (Å²) >= 11 is 0. The molecule has 0 aromatic heterocycles. The fraction of sp³-hybridized carbons (Fsp3) is 0.833. The zero-order valence-electron chi connectivity index (χ0n) is 10.9. The second-order valence-electron chi connectivity index (χ2n) is 4.23. The van der Waals surface area contributed by atoms with Crippen molar-refractivity contribution in [3.63, 3.8) is 0 Å². The lowest BCUT2D eigenvalue weighted by Gasteiger charge is -2.33. The van der Waals surface area contributed by atoms with E-state index in [1.54, 1.807) is 4.90 Å². The zero-order valence-corrected chi connectivity index (χ0v) is 10.9. The molecule has 103 valence electrons. The van der Waals surface area contributed by atoms with Gasteiger partial charge in [-0.05, 0) is 6.42 Å². The smallest absolute Gasteiger partial charge is 0.417 e. The highest BCUT2D eigenvalue weighted by atomic mass is 16.6. The van der Waals surface area contributed by atoms with Crippen LogP contribution in [-0.4, -0.2) is 68.3 Å². The van der Waals surface area contributed by atoms with Gasteiger partial charge in [0.05, 0.1) is 6.61 Å². The summed E-state index contributed by atoms with van der Waals surface area (Å²) in [5, 5.41) is 0. The summed E-state index contributed by atoms with van der Waals surface area (Å²) in [7, 11) is 0. The van der Waals surface area contributed by atoms with Crippen molar-refractivity contribution < 1.29 is 19.1 Å². The maximum Gasteiger partial charge on any atom is 0.417 e. The number of hydrogen-bond donors (Lipinski definition) is 0. The first-order chi connectivity index (χ1) is 8.77. The molecule has 0 atom stereocenters. The van der Waals surface area contributed by atoms with Crippen LogP contribution in [0.25, 0.3) is 0 Å². The molecule has 1 aliphatic heterocycles. The van der Waals surface area contributed by atoms with Crippen molar-refractivity contribution in [2.75, 3.05) is 45.9 Å². The number of nitrogens with zero attached hydrogens (tertiary/aromatic N) is 2. The van der Waals surface area contributed by atoms with E-state index in [4.69, 9.17) is 4.74 Å². The number of piperazine rings is 1. The fourth-order valence-electron chi connectivity index (χ4n) is 1.77. The van der Waals surface area contributed by atoms with Crippen LogP contribution in [0, 0.1) is 0 Å². The molecule has 6 nitrogen and oxygen atoms in total. The van der Waals surface area contributed by atoms with E-state index in [0.29, 0.717) is 32.8 Å². The molecular weight excluding hydrogens is 236 g/mol. The number of ether oxygens (including phenoxy) is 2. The highest BCUT2D eigenvalue weighted by molar-refractivity contribution is 5.67. The lowest BCUT2D eigenvalue weighted by molar-refractivity contribution is 0.0712. The van der Waals surface area contributed by atoms with Crippen LogP contribution < -0.4 is 0 Å². The van der Waals surface area contributed by atoms with Crippen LogP contribution in [0.3, 0.4) is 0 Å². The second kappa shape index (κ2) is 8.74. The molecule has 0 aliphatic carbocycles. The quantitative estimate of drug-likeness (QED) is 0.626. The Labute approximate surface area is 108 Å². The zero-order chi connectivity index (χ0) is 13.2. The van der Waals surface area contributed by atoms with Crippen molar-refractivity contribution in [2.45, 2.75) is 19.8 Å². The Balaban J connectivity index is 2.14. The molecule has 0 N–H and O–H groups in total. The van der Waals surface area contributed by atoms with Crippen LogP contribution in [0.15, 0.2) is 0 Å². The first kappa shape index (κ1) is 14.8. The summed E-state index contributed by atoms with van der Waals surface area (Å²) in [4.78, 5) is 25.4. The molecule has 1 amide bonds. The van der Waals surface area contributed by atoms with Gasteiger partial charge in [0.2, 0.25) is 0 Å². The molecule has 1 rings (SSSR count). The summed E-state index contributed by atoms with van der Waals surface area (Å²) in [6.45, 7) is 7.89. The highest BCUT2D eigenvalue weighted by Gasteiger charge is 2.21. The number of rotatable bonds is 7. The van der Waals surface area contributed by atoms with Gasteiger partial charge in [-0.15, -0.1) is 0 Å². The van der Waals surface area contributed by atoms with Gasteiger partial charge in [-0.1, -0.05) is 13.3 Å². The molecule has 0 unspecified atom stereocenters. The van der Waals surface area contributed by atoms with Crippen LogP contribution in [-0.2, 0) is 14.3 Å². The van der Waals surface area contributed by atoms with E-state index >= 15 is 0 Å². The van der Waals surface area contributed by atoms with E-state index in [1.165, 1.54) is 6.47 Å². The highest BCUT2D eigenvalue weighted by Crippen LogP contribution is 2.04. The summed E-state index contributed by atoms with van der Waals surface area (Å²) in [5.74, 6) is 0. The van der Waals surface area contributed by atoms with Gasteiger partial charge in [-0.2, -0.15) is 0 Å². The van der Waals surface area contributed by atoms with Gasteiger partial charge in [-0.25, -0.2) is 9.59 Å². The normalized spacial score (nSPS) is 16.4. The van der Waals surface area contributed by atoms with E-state index in [2.05, 4.69) is 16.6 Å². The molecule has 0 spiro atoms. The van der Waals surface area contributed by atoms with Crippen LogP contribution in [0.5, 0.6) is 0 Å². The molecular formula is C12H21N2O4. The predicted octanol–water partition coefficient (Wildman–Crippen LogP) is 0.625. The topological polar surface area (TPSA) is 59.1 Å². The molecule has 0 bridgehead atoms.